The summed E-state index contributed by atoms with van der Waals surface area (Å²) in [5.41, 5.74) is 1.45. The van der Waals surface area contributed by atoms with E-state index >= 15 is 0 Å². The number of aliphatic hydroxyl groups is 1. The second kappa shape index (κ2) is 6.52. The third-order valence-corrected chi connectivity index (χ3v) is 3.32. The zero-order chi connectivity index (χ0) is 12.8. The third-order valence-electron chi connectivity index (χ3n) is 3.32. The Kier molecular flexibility index (Phi) is 4.73. The van der Waals surface area contributed by atoms with Crippen molar-refractivity contribution in [3.63, 3.8) is 0 Å². The first-order chi connectivity index (χ1) is 8.81. The molecule has 0 aromatic heterocycles. The lowest BCUT2D eigenvalue weighted by atomic mass is 10.1. The van der Waals surface area contributed by atoms with Gasteiger partial charge in [-0.25, -0.2) is 0 Å². The van der Waals surface area contributed by atoms with Crippen LogP contribution in [0.2, 0.25) is 0 Å². The zero-order valence-corrected chi connectivity index (χ0v) is 10.5. The van der Waals surface area contributed by atoms with E-state index < -0.39 is 0 Å². The molecule has 0 bridgehead atoms. The summed E-state index contributed by atoms with van der Waals surface area (Å²) < 4.78 is 0. The molecule has 2 rings (SSSR count). The molecule has 1 unspecified atom stereocenters. The molecule has 3 N–H and O–H groups in total. The monoisotopic (exact) mass is 248 g/mol. The molecule has 4 heteroatoms. The van der Waals surface area contributed by atoms with Crippen molar-refractivity contribution >= 4 is 11.6 Å². The largest absolute Gasteiger partial charge is 0.392 e. The second-order valence-electron chi connectivity index (χ2n) is 4.66. The number of rotatable bonds is 3. The fraction of sp³-hybridized carbons (Fsp3) is 0.500. The number of hydrogen-bond acceptors (Lipinski definition) is 3. The molecule has 0 aliphatic carbocycles. The van der Waals surface area contributed by atoms with Gasteiger partial charge in [0.25, 0.3) is 0 Å². The molecule has 1 aromatic rings. The van der Waals surface area contributed by atoms with E-state index in [1.165, 1.54) is 6.42 Å². The molecule has 1 amide bonds. The Morgan fingerprint density at radius 2 is 2.17 bits per heavy atom. The lowest BCUT2D eigenvalue weighted by Crippen LogP contribution is -2.40. The van der Waals surface area contributed by atoms with Gasteiger partial charge in [0.1, 0.15) is 0 Å². The molecule has 18 heavy (non-hydrogen) atoms. The molecule has 4 nitrogen and oxygen atoms in total. The van der Waals surface area contributed by atoms with Gasteiger partial charge in [-0.1, -0.05) is 31.0 Å². The van der Waals surface area contributed by atoms with Gasteiger partial charge < -0.3 is 15.7 Å². The van der Waals surface area contributed by atoms with Crippen LogP contribution >= 0.6 is 0 Å². The minimum absolute atomic E-state index is 0.00204. The van der Waals surface area contributed by atoms with Gasteiger partial charge in [0.2, 0.25) is 5.91 Å². The summed E-state index contributed by atoms with van der Waals surface area (Å²) in [5, 5.41) is 15.4. The second-order valence-corrected chi connectivity index (χ2v) is 4.66. The SMILES string of the molecule is O=C(Nc1ccccc1CO)C1CCCCCN1. The topological polar surface area (TPSA) is 61.4 Å². The van der Waals surface area contributed by atoms with Crippen molar-refractivity contribution in [2.24, 2.45) is 0 Å². The smallest absolute Gasteiger partial charge is 0.241 e. The summed E-state index contributed by atoms with van der Waals surface area (Å²) in [7, 11) is 0. The first-order valence-corrected chi connectivity index (χ1v) is 6.54. The first-order valence-electron chi connectivity index (χ1n) is 6.54. The normalized spacial score (nSPS) is 20.2. The number of nitrogens with one attached hydrogen (secondary N) is 2. The molecule has 0 radical (unpaired) electrons. The van der Waals surface area contributed by atoms with Crippen molar-refractivity contribution in [1.29, 1.82) is 0 Å². The minimum Gasteiger partial charge on any atom is -0.392 e. The van der Waals surface area contributed by atoms with Gasteiger partial charge in [0.15, 0.2) is 0 Å². The zero-order valence-electron chi connectivity index (χ0n) is 10.5. The van der Waals surface area contributed by atoms with E-state index in [0.29, 0.717) is 5.69 Å². The van der Waals surface area contributed by atoms with E-state index in [-0.39, 0.29) is 18.6 Å². The quantitative estimate of drug-likeness (QED) is 0.762. The Hall–Kier alpha value is -1.39. The van der Waals surface area contributed by atoms with Crippen molar-refractivity contribution < 1.29 is 9.90 Å². The maximum Gasteiger partial charge on any atom is 0.241 e. The van der Waals surface area contributed by atoms with Crippen molar-refractivity contribution in [2.45, 2.75) is 38.3 Å². The molecular weight excluding hydrogens is 228 g/mol. The molecule has 1 heterocycles. The van der Waals surface area contributed by atoms with Crippen molar-refractivity contribution in [3.05, 3.63) is 29.8 Å². The highest BCUT2D eigenvalue weighted by Gasteiger charge is 2.19. The van der Waals surface area contributed by atoms with Gasteiger partial charge in [-0.2, -0.15) is 0 Å². The van der Waals surface area contributed by atoms with Crippen molar-refractivity contribution in [2.75, 3.05) is 11.9 Å². The van der Waals surface area contributed by atoms with Crippen LogP contribution < -0.4 is 10.6 Å². The molecular formula is C14H20N2O2. The predicted octanol–water partition coefficient (Wildman–Crippen LogP) is 1.65. The molecule has 1 aliphatic rings. The van der Waals surface area contributed by atoms with Crippen LogP contribution in [0.5, 0.6) is 0 Å². The fourth-order valence-electron chi connectivity index (χ4n) is 2.25. The van der Waals surface area contributed by atoms with Gasteiger partial charge in [-0.15, -0.1) is 0 Å². The van der Waals surface area contributed by atoms with Crippen LogP contribution in [-0.2, 0) is 11.4 Å². The average molecular weight is 248 g/mol. The predicted molar refractivity (Wildman–Crippen MR) is 71.3 cm³/mol. The Balaban J connectivity index is 2.01. The summed E-state index contributed by atoms with van der Waals surface area (Å²) in [6.45, 7) is 0.842. The molecule has 1 aliphatic heterocycles. The Labute approximate surface area is 107 Å². The number of aliphatic hydroxyl groups excluding tert-OH is 1. The number of hydrogen-bond donors (Lipinski definition) is 3. The van der Waals surface area contributed by atoms with Crippen LogP contribution in [0.4, 0.5) is 5.69 Å². The van der Waals surface area contributed by atoms with Crippen LogP contribution in [0.15, 0.2) is 24.3 Å². The van der Waals surface area contributed by atoms with Crippen LogP contribution in [0.3, 0.4) is 0 Å². The highest BCUT2D eigenvalue weighted by atomic mass is 16.3. The summed E-state index contributed by atoms with van der Waals surface area (Å²) in [6.07, 6.45) is 4.29. The number of anilines is 1. The van der Waals surface area contributed by atoms with Crippen LogP contribution in [-0.4, -0.2) is 23.6 Å². The number of carbonyl (C=O) groups is 1. The van der Waals surface area contributed by atoms with Gasteiger partial charge in [-0.3, -0.25) is 4.79 Å². The molecule has 0 spiro atoms. The van der Waals surface area contributed by atoms with Crippen molar-refractivity contribution in [3.8, 4) is 0 Å². The highest BCUT2D eigenvalue weighted by molar-refractivity contribution is 5.95. The Morgan fingerprint density at radius 1 is 1.33 bits per heavy atom. The Morgan fingerprint density at radius 3 is 3.00 bits per heavy atom. The van der Waals surface area contributed by atoms with E-state index in [0.717, 1.165) is 31.4 Å². The van der Waals surface area contributed by atoms with Gasteiger partial charge in [0.05, 0.1) is 12.6 Å². The van der Waals surface area contributed by atoms with E-state index in [4.69, 9.17) is 0 Å². The summed E-state index contributed by atoms with van der Waals surface area (Å²) in [4.78, 5) is 12.1. The molecule has 0 saturated carbocycles. The van der Waals surface area contributed by atoms with Crippen LogP contribution in [0, 0.1) is 0 Å². The number of carbonyl (C=O) groups excluding carboxylic acids is 1. The number of amides is 1. The minimum atomic E-state index is -0.112. The molecule has 1 atom stereocenters. The fourth-order valence-corrected chi connectivity index (χ4v) is 2.25. The van der Waals surface area contributed by atoms with E-state index in [9.17, 15) is 9.90 Å². The standard InChI is InChI=1S/C14H20N2O2/c17-10-11-6-3-4-7-12(11)16-14(18)13-8-2-1-5-9-15-13/h3-4,6-7,13,15,17H,1-2,5,8-10H2,(H,16,18). The maximum atomic E-state index is 12.1. The van der Waals surface area contributed by atoms with Gasteiger partial charge >= 0.3 is 0 Å². The molecule has 98 valence electrons. The lowest BCUT2D eigenvalue weighted by Gasteiger charge is -2.16. The molecule has 1 fully saturated rings. The van der Waals surface area contributed by atoms with Gasteiger partial charge in [-0.05, 0) is 25.5 Å². The van der Waals surface area contributed by atoms with E-state index in [1.54, 1.807) is 0 Å². The maximum absolute atomic E-state index is 12.1. The first kappa shape index (κ1) is 13.1. The summed E-state index contributed by atoms with van der Waals surface area (Å²) >= 11 is 0. The van der Waals surface area contributed by atoms with Gasteiger partial charge in [0, 0.05) is 11.3 Å². The average Bonchev–Trinajstić information content (AvgIpc) is 2.68. The van der Waals surface area contributed by atoms with Crippen molar-refractivity contribution in [1.82, 2.24) is 5.32 Å². The number of para-hydroxylation sites is 1. The molecule has 1 saturated heterocycles. The summed E-state index contributed by atoms with van der Waals surface area (Å²) in [6, 6.07) is 7.23. The Bertz CT molecular complexity index is 399. The molecule has 1 aromatic carbocycles. The third kappa shape index (κ3) is 3.31. The highest BCUT2D eigenvalue weighted by Crippen LogP contribution is 2.16. The lowest BCUT2D eigenvalue weighted by molar-refractivity contribution is -0.118. The van der Waals surface area contributed by atoms with E-state index in [1.807, 2.05) is 24.3 Å². The summed E-state index contributed by atoms with van der Waals surface area (Å²) in [5.74, 6) is -0.00204. The van der Waals surface area contributed by atoms with Crippen LogP contribution in [0.1, 0.15) is 31.2 Å². The van der Waals surface area contributed by atoms with E-state index in [2.05, 4.69) is 10.6 Å². The number of benzene rings is 1. The van der Waals surface area contributed by atoms with Crippen LogP contribution in [0.25, 0.3) is 0 Å².